The molecular formula is C13H16O2. The second kappa shape index (κ2) is 6.02. The van der Waals surface area contributed by atoms with Gasteiger partial charge in [-0.25, -0.2) is 0 Å². The van der Waals surface area contributed by atoms with Crippen LogP contribution in [0.2, 0.25) is 0 Å². The van der Waals surface area contributed by atoms with Crippen LogP contribution in [0, 0.1) is 0 Å². The summed E-state index contributed by atoms with van der Waals surface area (Å²) in [4.78, 5) is 11.2. The van der Waals surface area contributed by atoms with E-state index in [9.17, 15) is 4.79 Å². The van der Waals surface area contributed by atoms with Crippen LogP contribution in [0.25, 0.3) is 6.08 Å². The Labute approximate surface area is 90.6 Å². The smallest absolute Gasteiger partial charge is 0.309 e. The van der Waals surface area contributed by atoms with Gasteiger partial charge in [-0.2, -0.15) is 0 Å². The molecule has 0 aliphatic heterocycles. The SMILES string of the molecule is CCOC(=O)C/C(C)=C\c1ccccc1. The van der Waals surface area contributed by atoms with Crippen LogP contribution >= 0.6 is 0 Å². The fourth-order valence-electron chi connectivity index (χ4n) is 1.32. The summed E-state index contributed by atoms with van der Waals surface area (Å²) in [5.74, 6) is -0.165. The van der Waals surface area contributed by atoms with Crippen molar-refractivity contribution in [3.05, 3.63) is 41.5 Å². The Hall–Kier alpha value is -1.57. The van der Waals surface area contributed by atoms with Gasteiger partial charge in [0.15, 0.2) is 0 Å². The first-order valence-corrected chi connectivity index (χ1v) is 5.10. The van der Waals surface area contributed by atoms with Crippen molar-refractivity contribution in [1.29, 1.82) is 0 Å². The van der Waals surface area contributed by atoms with Crippen LogP contribution in [0.4, 0.5) is 0 Å². The van der Waals surface area contributed by atoms with E-state index in [-0.39, 0.29) is 5.97 Å². The van der Waals surface area contributed by atoms with Crippen LogP contribution < -0.4 is 0 Å². The Morgan fingerprint density at radius 3 is 2.60 bits per heavy atom. The lowest BCUT2D eigenvalue weighted by molar-refractivity contribution is -0.142. The molecule has 0 N–H and O–H groups in total. The van der Waals surface area contributed by atoms with Crippen molar-refractivity contribution in [2.45, 2.75) is 20.3 Å². The Bertz CT molecular complexity index is 339. The van der Waals surface area contributed by atoms with Crippen molar-refractivity contribution in [2.75, 3.05) is 6.61 Å². The van der Waals surface area contributed by atoms with Crippen LogP contribution in [0.3, 0.4) is 0 Å². The minimum absolute atomic E-state index is 0.165. The highest BCUT2D eigenvalue weighted by atomic mass is 16.5. The fraction of sp³-hybridized carbons (Fsp3) is 0.308. The number of esters is 1. The molecule has 0 atom stereocenters. The molecule has 0 saturated heterocycles. The van der Waals surface area contributed by atoms with E-state index >= 15 is 0 Å². The van der Waals surface area contributed by atoms with Crippen molar-refractivity contribution in [2.24, 2.45) is 0 Å². The lowest BCUT2D eigenvalue weighted by Gasteiger charge is -2.02. The molecule has 0 fully saturated rings. The standard InChI is InChI=1S/C13H16O2/c1-3-15-13(14)10-11(2)9-12-7-5-4-6-8-12/h4-9H,3,10H2,1-2H3/b11-9-. The Kier molecular flexibility index (Phi) is 4.61. The van der Waals surface area contributed by atoms with Gasteiger partial charge in [0.05, 0.1) is 13.0 Å². The highest BCUT2D eigenvalue weighted by Gasteiger charge is 2.02. The van der Waals surface area contributed by atoms with Gasteiger partial charge in [-0.05, 0) is 19.4 Å². The van der Waals surface area contributed by atoms with Crippen molar-refractivity contribution >= 4 is 12.0 Å². The second-order valence-electron chi connectivity index (χ2n) is 3.38. The fourth-order valence-corrected chi connectivity index (χ4v) is 1.32. The third-order valence-electron chi connectivity index (χ3n) is 1.94. The molecule has 80 valence electrons. The average Bonchev–Trinajstić information content (AvgIpc) is 2.19. The van der Waals surface area contributed by atoms with Crippen LogP contribution in [-0.2, 0) is 9.53 Å². The van der Waals surface area contributed by atoms with Crippen molar-refractivity contribution < 1.29 is 9.53 Å². The minimum Gasteiger partial charge on any atom is -0.466 e. The molecule has 2 nitrogen and oxygen atoms in total. The predicted molar refractivity (Wildman–Crippen MR) is 61.3 cm³/mol. The molecule has 0 aliphatic carbocycles. The first-order valence-electron chi connectivity index (χ1n) is 5.10. The van der Waals surface area contributed by atoms with E-state index in [0.717, 1.165) is 11.1 Å². The zero-order chi connectivity index (χ0) is 11.1. The van der Waals surface area contributed by atoms with Crippen molar-refractivity contribution in [1.82, 2.24) is 0 Å². The lowest BCUT2D eigenvalue weighted by atomic mass is 10.1. The maximum Gasteiger partial charge on any atom is 0.309 e. The van der Waals surface area contributed by atoms with Crippen molar-refractivity contribution in [3.63, 3.8) is 0 Å². The molecule has 0 spiro atoms. The van der Waals surface area contributed by atoms with E-state index in [1.165, 1.54) is 0 Å². The van der Waals surface area contributed by atoms with Gasteiger partial charge in [-0.15, -0.1) is 0 Å². The van der Waals surface area contributed by atoms with E-state index in [2.05, 4.69) is 0 Å². The van der Waals surface area contributed by atoms with E-state index in [4.69, 9.17) is 4.74 Å². The molecule has 0 aliphatic rings. The number of rotatable bonds is 4. The summed E-state index contributed by atoms with van der Waals surface area (Å²) in [5.41, 5.74) is 2.12. The summed E-state index contributed by atoms with van der Waals surface area (Å²) in [6.07, 6.45) is 2.36. The maximum atomic E-state index is 11.2. The van der Waals surface area contributed by atoms with Gasteiger partial charge >= 0.3 is 5.97 Å². The van der Waals surface area contributed by atoms with Crippen molar-refractivity contribution in [3.8, 4) is 0 Å². The van der Waals surface area contributed by atoms with E-state index in [1.807, 2.05) is 50.3 Å². The van der Waals surface area contributed by atoms with Gasteiger partial charge in [0.25, 0.3) is 0 Å². The summed E-state index contributed by atoms with van der Waals surface area (Å²) in [7, 11) is 0. The van der Waals surface area contributed by atoms with Gasteiger partial charge in [-0.1, -0.05) is 42.0 Å². The van der Waals surface area contributed by atoms with Gasteiger partial charge in [0.2, 0.25) is 0 Å². The van der Waals surface area contributed by atoms with Crippen LogP contribution in [-0.4, -0.2) is 12.6 Å². The third kappa shape index (κ3) is 4.45. The lowest BCUT2D eigenvalue weighted by Crippen LogP contribution is -2.03. The molecule has 1 aromatic rings. The van der Waals surface area contributed by atoms with Crippen LogP contribution in [0.15, 0.2) is 35.9 Å². The quantitative estimate of drug-likeness (QED) is 0.704. The number of ether oxygens (including phenoxy) is 1. The number of carbonyl (C=O) groups excluding carboxylic acids is 1. The predicted octanol–water partition coefficient (Wildman–Crippen LogP) is 3.04. The van der Waals surface area contributed by atoms with E-state index in [0.29, 0.717) is 13.0 Å². The zero-order valence-corrected chi connectivity index (χ0v) is 9.19. The number of carbonyl (C=O) groups is 1. The summed E-state index contributed by atoms with van der Waals surface area (Å²) < 4.78 is 4.87. The summed E-state index contributed by atoms with van der Waals surface area (Å²) in [5, 5.41) is 0. The molecule has 1 rings (SSSR count). The van der Waals surface area contributed by atoms with Gasteiger partial charge < -0.3 is 4.74 Å². The summed E-state index contributed by atoms with van der Waals surface area (Å²) >= 11 is 0. The molecule has 0 aromatic heterocycles. The maximum absolute atomic E-state index is 11.2. The molecule has 0 radical (unpaired) electrons. The van der Waals surface area contributed by atoms with Crippen LogP contribution in [0.1, 0.15) is 25.8 Å². The van der Waals surface area contributed by atoms with Gasteiger partial charge in [0, 0.05) is 0 Å². The highest BCUT2D eigenvalue weighted by Crippen LogP contribution is 2.09. The highest BCUT2D eigenvalue weighted by molar-refractivity contribution is 5.74. The number of hydrogen-bond acceptors (Lipinski definition) is 2. The normalized spacial score (nSPS) is 11.2. The molecule has 1 aromatic carbocycles. The number of benzene rings is 1. The molecule has 0 heterocycles. The molecule has 0 bridgehead atoms. The van der Waals surface area contributed by atoms with Crippen LogP contribution in [0.5, 0.6) is 0 Å². The Balaban J connectivity index is 2.57. The number of hydrogen-bond donors (Lipinski definition) is 0. The average molecular weight is 204 g/mol. The monoisotopic (exact) mass is 204 g/mol. The third-order valence-corrected chi connectivity index (χ3v) is 1.94. The topological polar surface area (TPSA) is 26.3 Å². The second-order valence-corrected chi connectivity index (χ2v) is 3.38. The summed E-state index contributed by atoms with van der Waals surface area (Å²) in [6, 6.07) is 9.94. The minimum atomic E-state index is -0.165. The summed E-state index contributed by atoms with van der Waals surface area (Å²) in [6.45, 7) is 4.19. The first kappa shape index (κ1) is 11.5. The van der Waals surface area contributed by atoms with Gasteiger partial charge in [0.1, 0.15) is 0 Å². The molecule has 0 saturated carbocycles. The zero-order valence-electron chi connectivity index (χ0n) is 9.19. The molecule has 0 amide bonds. The Morgan fingerprint density at radius 2 is 2.00 bits per heavy atom. The molecular weight excluding hydrogens is 188 g/mol. The first-order chi connectivity index (χ1) is 7.22. The molecule has 15 heavy (non-hydrogen) atoms. The van der Waals surface area contributed by atoms with Gasteiger partial charge in [-0.3, -0.25) is 4.79 Å². The van der Waals surface area contributed by atoms with E-state index in [1.54, 1.807) is 0 Å². The van der Waals surface area contributed by atoms with E-state index < -0.39 is 0 Å². The molecule has 0 unspecified atom stereocenters. The Morgan fingerprint density at radius 1 is 1.33 bits per heavy atom. The molecule has 2 heteroatoms. The largest absolute Gasteiger partial charge is 0.466 e.